The Kier molecular flexibility index (Phi) is 4.60. The minimum Gasteiger partial charge on any atom is -0.310 e. The first-order valence-corrected chi connectivity index (χ1v) is 5.77. The van der Waals surface area contributed by atoms with E-state index in [4.69, 9.17) is 7.85 Å². The first kappa shape index (κ1) is 14.4. The van der Waals surface area contributed by atoms with Crippen molar-refractivity contribution in [3.8, 4) is 0 Å². The maximum absolute atomic E-state index is 6.14. The third kappa shape index (κ3) is 2.93. The Morgan fingerprint density at radius 3 is 1.79 bits per heavy atom. The van der Waals surface area contributed by atoms with Crippen molar-refractivity contribution in [3.05, 3.63) is 0 Å². The molecule has 0 heterocycles. The molecule has 0 fully saturated rings. The molecule has 0 aromatic carbocycles. The number of thiol groups is 1. The number of rotatable bonds is 4. The summed E-state index contributed by atoms with van der Waals surface area (Å²) in [7, 11) is 6.14. The van der Waals surface area contributed by atoms with Crippen molar-refractivity contribution >= 4 is 20.5 Å². The van der Waals surface area contributed by atoms with Gasteiger partial charge in [0.2, 0.25) is 0 Å². The molecule has 0 saturated carbocycles. The van der Waals surface area contributed by atoms with Crippen LogP contribution in [0.25, 0.3) is 0 Å². The van der Waals surface area contributed by atoms with E-state index in [9.17, 15) is 0 Å². The lowest BCUT2D eigenvalue weighted by molar-refractivity contribution is 0.144. The third-order valence-corrected chi connectivity index (χ3v) is 3.69. The molecule has 2 atom stereocenters. The molecule has 0 amide bonds. The molecule has 0 aromatic rings. The van der Waals surface area contributed by atoms with Gasteiger partial charge in [-0.2, -0.15) is 12.6 Å². The Hall–Kier alpha value is 0.375. The van der Waals surface area contributed by atoms with Gasteiger partial charge >= 0.3 is 0 Å². The molecule has 2 radical (unpaired) electrons. The van der Waals surface area contributed by atoms with E-state index < -0.39 is 4.65 Å². The molecule has 0 aromatic heterocycles. The van der Waals surface area contributed by atoms with Gasteiger partial charge < -0.3 is 5.32 Å². The minimum atomic E-state index is -0.527. The van der Waals surface area contributed by atoms with Gasteiger partial charge in [-0.25, -0.2) is 0 Å². The Bertz CT molecular complexity index is 165. The van der Waals surface area contributed by atoms with E-state index in [0.717, 1.165) is 13.0 Å². The maximum Gasteiger partial charge on any atom is 0.0911 e. The Balaban J connectivity index is 4.87. The molecular weight excluding hydrogens is 189 g/mol. The summed E-state index contributed by atoms with van der Waals surface area (Å²) in [6.45, 7) is 13.8. The van der Waals surface area contributed by atoms with Crippen molar-refractivity contribution in [3.63, 3.8) is 0 Å². The number of nitrogens with one attached hydrogen (secondary N) is 1. The van der Waals surface area contributed by atoms with Gasteiger partial charge in [0, 0.05) is 5.54 Å². The highest BCUT2D eigenvalue weighted by Crippen LogP contribution is 2.40. The largest absolute Gasteiger partial charge is 0.310 e. The smallest absolute Gasteiger partial charge is 0.0911 e. The zero-order chi connectivity index (χ0) is 11.6. The monoisotopic (exact) mass is 213 g/mol. The van der Waals surface area contributed by atoms with E-state index >= 15 is 0 Å². The molecule has 1 nitrogen and oxygen atoms in total. The predicted molar refractivity (Wildman–Crippen MR) is 69.3 cm³/mol. The van der Waals surface area contributed by atoms with Gasteiger partial charge in [-0.05, 0) is 30.0 Å². The second kappa shape index (κ2) is 4.48. The molecular formula is C11H24BNS. The fourth-order valence-corrected chi connectivity index (χ4v) is 1.99. The fraction of sp³-hybridized carbons (Fsp3) is 1.00. The van der Waals surface area contributed by atoms with Crippen LogP contribution in [0, 0.1) is 5.41 Å². The van der Waals surface area contributed by atoms with Gasteiger partial charge in [-0.3, -0.25) is 0 Å². The minimum absolute atomic E-state index is 0.0768. The maximum atomic E-state index is 6.14. The Labute approximate surface area is 96.2 Å². The first-order chi connectivity index (χ1) is 6.06. The summed E-state index contributed by atoms with van der Waals surface area (Å²) in [4.78, 5) is 0. The molecule has 2 unspecified atom stereocenters. The molecule has 0 aliphatic heterocycles. The van der Waals surface area contributed by atoms with Crippen LogP contribution in [0.2, 0.25) is 0 Å². The third-order valence-electron chi connectivity index (χ3n) is 3.24. The van der Waals surface area contributed by atoms with Gasteiger partial charge in [0.15, 0.2) is 0 Å². The summed E-state index contributed by atoms with van der Waals surface area (Å²) in [5.41, 5.74) is -0.105. The second-order valence-electron chi connectivity index (χ2n) is 5.45. The molecule has 0 bridgehead atoms. The van der Waals surface area contributed by atoms with Crippen LogP contribution in [0.5, 0.6) is 0 Å². The van der Waals surface area contributed by atoms with Crippen LogP contribution < -0.4 is 5.32 Å². The normalized spacial score (nSPS) is 21.4. The molecule has 3 heteroatoms. The summed E-state index contributed by atoms with van der Waals surface area (Å²) >= 11 is 4.52. The highest BCUT2D eigenvalue weighted by atomic mass is 32.1. The van der Waals surface area contributed by atoms with Crippen LogP contribution in [0.15, 0.2) is 0 Å². The van der Waals surface area contributed by atoms with Crippen LogP contribution in [0.4, 0.5) is 0 Å². The van der Waals surface area contributed by atoms with Gasteiger partial charge in [-0.15, -0.1) is 0 Å². The standard InChI is InChI=1S/C11H24BNS/c1-7-8-13-10(5,9(2,3)4)11(6,12)14/h13-14H,7-8H2,1-6H3. The van der Waals surface area contributed by atoms with Crippen LogP contribution >= 0.6 is 12.6 Å². The Morgan fingerprint density at radius 2 is 1.57 bits per heavy atom. The molecule has 0 aliphatic rings. The van der Waals surface area contributed by atoms with E-state index in [1.54, 1.807) is 0 Å². The van der Waals surface area contributed by atoms with Gasteiger partial charge in [-0.1, -0.05) is 34.6 Å². The number of hydrogen-bond acceptors (Lipinski definition) is 2. The Morgan fingerprint density at radius 1 is 1.14 bits per heavy atom. The summed E-state index contributed by atoms with van der Waals surface area (Å²) in [5.74, 6) is 0. The van der Waals surface area contributed by atoms with Crippen molar-refractivity contribution in [2.24, 2.45) is 5.41 Å². The summed E-state index contributed by atoms with van der Waals surface area (Å²) in [6, 6.07) is 0. The summed E-state index contributed by atoms with van der Waals surface area (Å²) < 4.78 is -0.527. The van der Waals surface area contributed by atoms with Gasteiger partial charge in [0.25, 0.3) is 0 Å². The lowest BCUT2D eigenvalue weighted by Crippen LogP contribution is -2.64. The van der Waals surface area contributed by atoms with Crippen molar-refractivity contribution in [2.45, 2.75) is 58.1 Å². The molecule has 82 valence electrons. The SMILES string of the molecule is [B]C(C)(S)C(C)(NCCC)C(C)(C)C. The lowest BCUT2D eigenvalue weighted by atomic mass is 9.60. The van der Waals surface area contributed by atoms with Crippen molar-refractivity contribution in [1.29, 1.82) is 0 Å². The molecule has 1 N–H and O–H groups in total. The second-order valence-corrected chi connectivity index (χ2v) is 6.38. The summed E-state index contributed by atoms with van der Waals surface area (Å²) in [5, 5.41) is 3.52. The van der Waals surface area contributed by atoms with E-state index in [1.165, 1.54) is 0 Å². The number of hydrogen-bond donors (Lipinski definition) is 2. The van der Waals surface area contributed by atoms with Crippen molar-refractivity contribution < 1.29 is 0 Å². The first-order valence-electron chi connectivity index (χ1n) is 5.32. The van der Waals surface area contributed by atoms with Gasteiger partial charge in [0.1, 0.15) is 0 Å². The highest BCUT2D eigenvalue weighted by molar-refractivity contribution is 7.83. The predicted octanol–water partition coefficient (Wildman–Crippen LogP) is 2.61. The van der Waals surface area contributed by atoms with Crippen molar-refractivity contribution in [1.82, 2.24) is 5.32 Å². The average molecular weight is 213 g/mol. The highest BCUT2D eigenvalue weighted by Gasteiger charge is 2.46. The summed E-state index contributed by atoms with van der Waals surface area (Å²) in [6.07, 6.45) is 1.11. The van der Waals surface area contributed by atoms with Crippen molar-refractivity contribution in [2.75, 3.05) is 6.54 Å². The molecule has 0 aliphatic carbocycles. The van der Waals surface area contributed by atoms with Crippen LogP contribution in [-0.2, 0) is 0 Å². The topological polar surface area (TPSA) is 12.0 Å². The van der Waals surface area contributed by atoms with E-state index in [1.807, 2.05) is 6.92 Å². The van der Waals surface area contributed by atoms with E-state index in [2.05, 4.69) is 52.6 Å². The average Bonchev–Trinajstić information content (AvgIpc) is 1.95. The quantitative estimate of drug-likeness (QED) is 0.540. The fourth-order valence-electron chi connectivity index (χ4n) is 1.58. The zero-order valence-electron chi connectivity index (χ0n) is 10.4. The molecule has 0 saturated heterocycles. The molecule has 14 heavy (non-hydrogen) atoms. The lowest BCUT2D eigenvalue weighted by Gasteiger charge is -2.52. The van der Waals surface area contributed by atoms with E-state index in [-0.39, 0.29) is 11.0 Å². The molecule has 0 rings (SSSR count). The van der Waals surface area contributed by atoms with Crippen LogP contribution in [-0.4, -0.2) is 24.6 Å². The van der Waals surface area contributed by atoms with Crippen LogP contribution in [0.3, 0.4) is 0 Å². The molecule has 0 spiro atoms. The zero-order valence-corrected chi connectivity index (χ0v) is 11.3. The van der Waals surface area contributed by atoms with Gasteiger partial charge in [0.05, 0.1) is 7.85 Å². The van der Waals surface area contributed by atoms with E-state index in [0.29, 0.717) is 0 Å². The van der Waals surface area contributed by atoms with Crippen LogP contribution in [0.1, 0.15) is 48.0 Å².